The van der Waals surface area contributed by atoms with E-state index in [-0.39, 0.29) is 11.5 Å². The fourth-order valence-corrected chi connectivity index (χ4v) is 2.15. The van der Waals surface area contributed by atoms with E-state index in [0.29, 0.717) is 23.9 Å². The maximum absolute atomic E-state index is 13.7. The van der Waals surface area contributed by atoms with Crippen LogP contribution in [0.1, 0.15) is 29.8 Å². The molecule has 0 saturated heterocycles. The molecule has 0 unspecified atom stereocenters. The summed E-state index contributed by atoms with van der Waals surface area (Å²) in [6.45, 7) is 3.28. The van der Waals surface area contributed by atoms with Gasteiger partial charge in [-0.2, -0.15) is 0 Å². The molecule has 0 spiro atoms. The van der Waals surface area contributed by atoms with Crippen molar-refractivity contribution in [3.05, 3.63) is 59.2 Å². The lowest BCUT2D eigenvalue weighted by Gasteiger charge is -2.13. The number of halogens is 2. The summed E-state index contributed by atoms with van der Waals surface area (Å²) in [4.78, 5) is 23.3. The molecule has 0 saturated carbocycles. The van der Waals surface area contributed by atoms with Crippen LogP contribution in [0, 0.1) is 11.6 Å². The van der Waals surface area contributed by atoms with Gasteiger partial charge in [0.15, 0.2) is 0 Å². The summed E-state index contributed by atoms with van der Waals surface area (Å²) >= 11 is 0. The number of nitrogens with one attached hydrogen (secondary N) is 2. The van der Waals surface area contributed by atoms with Gasteiger partial charge in [-0.25, -0.2) is 8.78 Å². The highest BCUT2D eigenvalue weighted by molar-refractivity contribution is 6.05. The van der Waals surface area contributed by atoms with Crippen molar-refractivity contribution >= 4 is 23.2 Å². The molecule has 2 amide bonds. The average Bonchev–Trinajstić information content (AvgIpc) is 2.46. The van der Waals surface area contributed by atoms with Crippen molar-refractivity contribution in [1.82, 2.24) is 0 Å². The molecule has 2 aromatic rings. The summed E-state index contributed by atoms with van der Waals surface area (Å²) < 4.78 is 26.6. The first-order valence-corrected chi connectivity index (χ1v) is 7.07. The number of hydrogen-bond acceptors (Lipinski definition) is 2. The zero-order valence-corrected chi connectivity index (χ0v) is 12.7. The number of hydrogen-bond donors (Lipinski definition) is 2. The van der Waals surface area contributed by atoms with Crippen LogP contribution < -0.4 is 10.6 Å². The molecule has 0 fully saturated rings. The SMILES string of the molecule is CCc1ccc(NC(C)=O)cc1NC(=O)c1ccc(F)cc1F. The fraction of sp³-hybridized carbons (Fsp3) is 0.176. The van der Waals surface area contributed by atoms with Gasteiger partial charge in [0.05, 0.1) is 5.56 Å². The van der Waals surface area contributed by atoms with Crippen LogP contribution in [0.25, 0.3) is 0 Å². The molecule has 0 aliphatic carbocycles. The summed E-state index contributed by atoms with van der Waals surface area (Å²) in [5.74, 6) is -2.60. The van der Waals surface area contributed by atoms with Gasteiger partial charge in [0.25, 0.3) is 5.91 Å². The Kier molecular flexibility index (Phi) is 5.05. The van der Waals surface area contributed by atoms with Crippen LogP contribution in [0.5, 0.6) is 0 Å². The molecule has 0 bridgehead atoms. The molecule has 0 aromatic heterocycles. The standard InChI is InChI=1S/C17H16F2N2O2/c1-3-11-4-6-13(20-10(2)22)9-16(11)21-17(23)14-7-5-12(18)8-15(14)19/h4-9H,3H2,1-2H3,(H,20,22)(H,21,23). The van der Waals surface area contributed by atoms with Gasteiger partial charge in [-0.3, -0.25) is 9.59 Å². The predicted molar refractivity (Wildman–Crippen MR) is 84.4 cm³/mol. The molecule has 0 aliphatic rings. The largest absolute Gasteiger partial charge is 0.326 e. The van der Waals surface area contributed by atoms with Crippen molar-refractivity contribution in [3.63, 3.8) is 0 Å². The van der Waals surface area contributed by atoms with E-state index in [2.05, 4.69) is 10.6 Å². The van der Waals surface area contributed by atoms with Gasteiger partial charge in [0.2, 0.25) is 5.91 Å². The first-order valence-electron chi connectivity index (χ1n) is 7.07. The Hall–Kier alpha value is -2.76. The second-order valence-corrected chi connectivity index (χ2v) is 4.98. The van der Waals surface area contributed by atoms with Crippen LogP contribution >= 0.6 is 0 Å². The second-order valence-electron chi connectivity index (χ2n) is 4.98. The van der Waals surface area contributed by atoms with Crippen molar-refractivity contribution < 1.29 is 18.4 Å². The normalized spacial score (nSPS) is 10.3. The lowest BCUT2D eigenvalue weighted by atomic mass is 10.1. The van der Waals surface area contributed by atoms with Gasteiger partial charge >= 0.3 is 0 Å². The molecule has 0 atom stereocenters. The first-order chi connectivity index (χ1) is 10.9. The molecular weight excluding hydrogens is 302 g/mol. The van der Waals surface area contributed by atoms with Gasteiger partial charge in [-0.15, -0.1) is 0 Å². The second kappa shape index (κ2) is 7.00. The zero-order valence-electron chi connectivity index (χ0n) is 12.7. The highest BCUT2D eigenvalue weighted by Crippen LogP contribution is 2.23. The molecule has 2 N–H and O–H groups in total. The first kappa shape index (κ1) is 16.6. The quantitative estimate of drug-likeness (QED) is 0.902. The smallest absolute Gasteiger partial charge is 0.258 e. The average molecular weight is 318 g/mol. The van der Waals surface area contributed by atoms with Crippen LogP contribution in [0.2, 0.25) is 0 Å². The number of benzene rings is 2. The summed E-state index contributed by atoms with van der Waals surface area (Å²) in [5.41, 5.74) is 1.56. The molecule has 23 heavy (non-hydrogen) atoms. The summed E-state index contributed by atoms with van der Waals surface area (Å²) in [6.07, 6.45) is 0.641. The number of anilines is 2. The molecule has 0 aliphatic heterocycles. The van der Waals surface area contributed by atoms with E-state index in [0.717, 1.165) is 17.7 Å². The topological polar surface area (TPSA) is 58.2 Å². The van der Waals surface area contributed by atoms with Gasteiger partial charge < -0.3 is 10.6 Å². The number of rotatable bonds is 4. The van der Waals surface area contributed by atoms with E-state index in [1.807, 2.05) is 6.92 Å². The third kappa shape index (κ3) is 4.12. The Morgan fingerprint density at radius 3 is 2.39 bits per heavy atom. The molecule has 4 nitrogen and oxygen atoms in total. The number of aryl methyl sites for hydroxylation is 1. The highest BCUT2D eigenvalue weighted by Gasteiger charge is 2.14. The lowest BCUT2D eigenvalue weighted by Crippen LogP contribution is -2.15. The van der Waals surface area contributed by atoms with Gasteiger partial charge in [-0.05, 0) is 36.2 Å². The van der Waals surface area contributed by atoms with E-state index < -0.39 is 17.5 Å². The molecule has 0 heterocycles. The predicted octanol–water partition coefficient (Wildman–Crippen LogP) is 3.74. The summed E-state index contributed by atoms with van der Waals surface area (Å²) in [6, 6.07) is 7.84. The Morgan fingerprint density at radius 2 is 1.78 bits per heavy atom. The minimum atomic E-state index is -0.932. The lowest BCUT2D eigenvalue weighted by molar-refractivity contribution is -0.114. The monoisotopic (exact) mass is 318 g/mol. The molecule has 120 valence electrons. The van der Waals surface area contributed by atoms with Crippen LogP contribution in [-0.2, 0) is 11.2 Å². The Balaban J connectivity index is 2.30. The molecule has 6 heteroatoms. The maximum Gasteiger partial charge on any atom is 0.258 e. The minimum Gasteiger partial charge on any atom is -0.326 e. The maximum atomic E-state index is 13.7. The summed E-state index contributed by atoms with van der Waals surface area (Å²) in [5, 5.41) is 5.21. The van der Waals surface area contributed by atoms with Gasteiger partial charge in [0.1, 0.15) is 11.6 Å². The van der Waals surface area contributed by atoms with Crippen molar-refractivity contribution in [3.8, 4) is 0 Å². The van der Waals surface area contributed by atoms with E-state index in [1.54, 1.807) is 18.2 Å². The summed E-state index contributed by atoms with van der Waals surface area (Å²) in [7, 11) is 0. The third-order valence-corrected chi connectivity index (χ3v) is 3.24. The zero-order chi connectivity index (χ0) is 17.0. The number of carbonyl (C=O) groups is 2. The van der Waals surface area contributed by atoms with Crippen LogP contribution in [-0.4, -0.2) is 11.8 Å². The fourth-order valence-electron chi connectivity index (χ4n) is 2.15. The molecule has 2 rings (SSSR count). The number of amides is 2. The van der Waals surface area contributed by atoms with Gasteiger partial charge in [-0.1, -0.05) is 13.0 Å². The van der Waals surface area contributed by atoms with E-state index in [1.165, 1.54) is 6.92 Å². The van der Waals surface area contributed by atoms with E-state index >= 15 is 0 Å². The third-order valence-electron chi connectivity index (χ3n) is 3.24. The van der Waals surface area contributed by atoms with Crippen molar-refractivity contribution in [2.45, 2.75) is 20.3 Å². The van der Waals surface area contributed by atoms with Gasteiger partial charge in [0, 0.05) is 24.4 Å². The van der Waals surface area contributed by atoms with Crippen molar-refractivity contribution in [2.24, 2.45) is 0 Å². The Bertz CT molecular complexity index is 760. The minimum absolute atomic E-state index is 0.240. The van der Waals surface area contributed by atoms with Crippen LogP contribution in [0.4, 0.5) is 20.2 Å². The Labute approximate surface area is 132 Å². The number of carbonyl (C=O) groups excluding carboxylic acids is 2. The molecule has 0 radical (unpaired) electrons. The van der Waals surface area contributed by atoms with Crippen molar-refractivity contribution in [2.75, 3.05) is 10.6 Å². The Morgan fingerprint density at radius 1 is 1.04 bits per heavy atom. The van der Waals surface area contributed by atoms with E-state index in [9.17, 15) is 18.4 Å². The van der Waals surface area contributed by atoms with Crippen LogP contribution in [0.3, 0.4) is 0 Å². The van der Waals surface area contributed by atoms with Crippen molar-refractivity contribution in [1.29, 1.82) is 0 Å². The highest BCUT2D eigenvalue weighted by atomic mass is 19.1. The molecular formula is C17H16F2N2O2. The molecule has 2 aromatic carbocycles. The van der Waals surface area contributed by atoms with E-state index in [4.69, 9.17) is 0 Å². The van der Waals surface area contributed by atoms with Crippen LogP contribution in [0.15, 0.2) is 36.4 Å².